The number of nitrogens with zero attached hydrogens (tertiary/aromatic N) is 1. The molecule has 0 radical (unpaired) electrons. The van der Waals surface area contributed by atoms with E-state index in [0.29, 0.717) is 0 Å². The zero-order chi connectivity index (χ0) is 10.9. The van der Waals surface area contributed by atoms with E-state index in [1.165, 1.54) is 12.2 Å². The Kier molecular flexibility index (Phi) is 2.92. The molecule has 3 atom stereocenters. The average Bonchev–Trinajstić information content (AvgIpc) is 2.37. The van der Waals surface area contributed by atoms with Crippen LogP contribution in [0.5, 0.6) is 0 Å². The largest absolute Gasteiger partial charge is 0.468 e. The number of aldehydes is 1. The summed E-state index contributed by atoms with van der Waals surface area (Å²) in [5.74, 6) is -0.957. The number of hydroxylamine groups is 2. The van der Waals surface area contributed by atoms with Gasteiger partial charge in [-0.25, -0.2) is 4.79 Å². The normalized spacial score (nSPS) is 38.3. The van der Waals surface area contributed by atoms with Crippen molar-refractivity contribution in [3.05, 3.63) is 0 Å². The van der Waals surface area contributed by atoms with Gasteiger partial charge in [-0.1, -0.05) is 0 Å². The van der Waals surface area contributed by atoms with E-state index in [-0.39, 0.29) is 6.10 Å². The van der Waals surface area contributed by atoms with Crippen LogP contribution in [0.15, 0.2) is 0 Å². The maximum Gasteiger partial charge on any atom is 0.329 e. The third kappa shape index (κ3) is 1.33. The Bertz CT molecular complexity index is 255. The number of carbonyl (C=O) groups is 2. The molecule has 1 aliphatic heterocycles. The van der Waals surface area contributed by atoms with Crippen molar-refractivity contribution in [2.24, 2.45) is 5.92 Å². The maximum absolute atomic E-state index is 11.6. The third-order valence-corrected chi connectivity index (χ3v) is 2.88. The molecule has 1 saturated heterocycles. The van der Waals surface area contributed by atoms with Crippen molar-refractivity contribution in [1.29, 1.82) is 0 Å². The van der Waals surface area contributed by atoms with Gasteiger partial charge in [0.2, 0.25) is 0 Å². The zero-order valence-electron chi connectivity index (χ0n) is 8.81. The number of carbonyl (C=O) groups excluding carboxylic acids is 2. The predicted molar refractivity (Wildman–Crippen MR) is 48.3 cm³/mol. The van der Waals surface area contributed by atoms with Crippen LogP contribution in [0.2, 0.25) is 0 Å². The van der Waals surface area contributed by atoms with E-state index in [1.54, 1.807) is 20.9 Å². The summed E-state index contributed by atoms with van der Waals surface area (Å²) in [7, 11) is 2.92. The van der Waals surface area contributed by atoms with E-state index in [9.17, 15) is 9.59 Å². The molecule has 0 aromatic carbocycles. The van der Waals surface area contributed by atoms with Gasteiger partial charge in [0.15, 0.2) is 5.54 Å². The van der Waals surface area contributed by atoms with Crippen LogP contribution in [0.25, 0.3) is 0 Å². The molecule has 80 valence electrons. The van der Waals surface area contributed by atoms with Gasteiger partial charge < -0.3 is 9.53 Å². The van der Waals surface area contributed by atoms with Gasteiger partial charge in [0.1, 0.15) is 6.29 Å². The quantitative estimate of drug-likeness (QED) is 0.465. The SMILES string of the molecule is COC(=O)[C@@]1(C)[C@H](C=O)[C@@H](C)ON1C. The molecule has 1 heterocycles. The van der Waals surface area contributed by atoms with Gasteiger partial charge in [0, 0.05) is 7.05 Å². The predicted octanol–water partition coefficient (Wildman–Crippen LogP) is -0.00130. The highest BCUT2D eigenvalue weighted by Crippen LogP contribution is 2.35. The van der Waals surface area contributed by atoms with Gasteiger partial charge in [-0.05, 0) is 13.8 Å². The Morgan fingerprint density at radius 1 is 1.64 bits per heavy atom. The number of methoxy groups -OCH3 is 1. The Balaban J connectivity index is 3.04. The Hall–Kier alpha value is -0.940. The molecular weight excluding hydrogens is 186 g/mol. The first-order valence-corrected chi connectivity index (χ1v) is 4.42. The van der Waals surface area contributed by atoms with Gasteiger partial charge in [0.25, 0.3) is 0 Å². The molecule has 0 aromatic rings. The molecule has 14 heavy (non-hydrogen) atoms. The summed E-state index contributed by atoms with van der Waals surface area (Å²) in [6, 6.07) is 0. The van der Waals surface area contributed by atoms with Gasteiger partial charge in [-0.2, -0.15) is 5.06 Å². The van der Waals surface area contributed by atoms with E-state index in [4.69, 9.17) is 4.84 Å². The summed E-state index contributed by atoms with van der Waals surface area (Å²) < 4.78 is 4.67. The topological polar surface area (TPSA) is 55.8 Å². The van der Waals surface area contributed by atoms with Crippen LogP contribution < -0.4 is 0 Å². The second-order valence-electron chi connectivity index (χ2n) is 3.61. The van der Waals surface area contributed by atoms with Crippen molar-refractivity contribution in [2.75, 3.05) is 14.2 Å². The van der Waals surface area contributed by atoms with Crippen LogP contribution in [0.3, 0.4) is 0 Å². The van der Waals surface area contributed by atoms with Crippen molar-refractivity contribution in [2.45, 2.75) is 25.5 Å². The molecule has 5 heteroatoms. The van der Waals surface area contributed by atoms with E-state index in [2.05, 4.69) is 4.74 Å². The van der Waals surface area contributed by atoms with Crippen LogP contribution in [0.4, 0.5) is 0 Å². The third-order valence-electron chi connectivity index (χ3n) is 2.88. The standard InChI is InChI=1S/C9H15NO4/c1-6-7(5-11)9(2,8(12)13-4)10(3)14-6/h5-7H,1-4H3/t6-,7-,9-/m1/s1. The van der Waals surface area contributed by atoms with Crippen molar-refractivity contribution in [3.63, 3.8) is 0 Å². The second-order valence-corrected chi connectivity index (χ2v) is 3.61. The monoisotopic (exact) mass is 201 g/mol. The van der Waals surface area contributed by atoms with Crippen LogP contribution in [-0.4, -0.2) is 43.1 Å². The van der Waals surface area contributed by atoms with Gasteiger partial charge in [0.05, 0.1) is 19.1 Å². The molecular formula is C9H15NO4. The zero-order valence-corrected chi connectivity index (χ0v) is 8.81. The highest BCUT2D eigenvalue weighted by Gasteiger charge is 2.55. The molecule has 1 aliphatic rings. The summed E-state index contributed by atoms with van der Waals surface area (Å²) in [5, 5.41) is 1.39. The fourth-order valence-corrected chi connectivity index (χ4v) is 1.81. The molecule has 0 N–H and O–H groups in total. The molecule has 0 amide bonds. The number of rotatable bonds is 2. The Morgan fingerprint density at radius 3 is 2.64 bits per heavy atom. The minimum atomic E-state index is -1.02. The molecule has 5 nitrogen and oxygen atoms in total. The first-order chi connectivity index (χ1) is 6.48. The first kappa shape index (κ1) is 11.1. The average molecular weight is 201 g/mol. The van der Waals surface area contributed by atoms with Gasteiger partial charge >= 0.3 is 5.97 Å². The van der Waals surface area contributed by atoms with E-state index >= 15 is 0 Å². The lowest BCUT2D eigenvalue weighted by molar-refractivity contribution is -0.186. The number of hydrogen-bond acceptors (Lipinski definition) is 5. The summed E-state index contributed by atoms with van der Waals surface area (Å²) >= 11 is 0. The first-order valence-electron chi connectivity index (χ1n) is 4.42. The lowest BCUT2D eigenvalue weighted by Crippen LogP contribution is -2.51. The summed E-state index contributed by atoms with van der Waals surface area (Å²) in [5.41, 5.74) is -1.02. The van der Waals surface area contributed by atoms with Crippen LogP contribution in [0.1, 0.15) is 13.8 Å². The number of likely N-dealkylation sites (N-methyl/N-ethyl adjacent to an activating group) is 1. The summed E-state index contributed by atoms with van der Waals surface area (Å²) in [4.78, 5) is 27.7. The molecule has 1 fully saturated rings. The number of ether oxygens (including phenoxy) is 1. The molecule has 0 aliphatic carbocycles. The van der Waals surface area contributed by atoms with E-state index in [1.807, 2.05) is 0 Å². The van der Waals surface area contributed by atoms with E-state index in [0.717, 1.165) is 6.29 Å². The maximum atomic E-state index is 11.6. The number of hydrogen-bond donors (Lipinski definition) is 0. The molecule has 0 saturated carbocycles. The smallest absolute Gasteiger partial charge is 0.329 e. The van der Waals surface area contributed by atoms with Crippen molar-refractivity contribution in [1.82, 2.24) is 5.06 Å². The van der Waals surface area contributed by atoms with Crippen LogP contribution >= 0.6 is 0 Å². The highest BCUT2D eigenvalue weighted by molar-refractivity contribution is 5.85. The Morgan fingerprint density at radius 2 is 2.21 bits per heavy atom. The van der Waals surface area contributed by atoms with Crippen molar-refractivity contribution < 1.29 is 19.2 Å². The van der Waals surface area contributed by atoms with Crippen LogP contribution in [-0.2, 0) is 19.2 Å². The molecule has 0 bridgehead atoms. The van der Waals surface area contributed by atoms with Crippen molar-refractivity contribution >= 4 is 12.3 Å². The fraction of sp³-hybridized carbons (Fsp3) is 0.778. The fourth-order valence-electron chi connectivity index (χ4n) is 1.81. The van der Waals surface area contributed by atoms with E-state index < -0.39 is 17.4 Å². The minimum Gasteiger partial charge on any atom is -0.468 e. The minimum absolute atomic E-state index is 0.304. The molecule has 0 aromatic heterocycles. The second kappa shape index (κ2) is 3.67. The number of esters is 1. The molecule has 0 unspecified atom stereocenters. The molecule has 0 spiro atoms. The van der Waals surface area contributed by atoms with Gasteiger partial charge in [-0.15, -0.1) is 0 Å². The summed E-state index contributed by atoms with van der Waals surface area (Å²) in [6.07, 6.45) is 0.437. The van der Waals surface area contributed by atoms with Crippen molar-refractivity contribution in [3.8, 4) is 0 Å². The Labute approximate surface area is 82.9 Å². The highest BCUT2D eigenvalue weighted by atomic mass is 16.7. The molecule has 1 rings (SSSR count). The van der Waals surface area contributed by atoms with Crippen LogP contribution in [0, 0.1) is 5.92 Å². The van der Waals surface area contributed by atoms with Gasteiger partial charge in [-0.3, -0.25) is 4.84 Å². The lowest BCUT2D eigenvalue weighted by atomic mass is 9.84. The lowest BCUT2D eigenvalue weighted by Gasteiger charge is -2.29. The summed E-state index contributed by atoms with van der Waals surface area (Å²) in [6.45, 7) is 3.39.